The first-order valence-electron chi connectivity index (χ1n) is 5.09. The van der Waals surface area contributed by atoms with E-state index in [4.69, 9.17) is 14.2 Å². The molecule has 0 radical (unpaired) electrons. The standard InChI is InChI=1S/C10H18O5/c1-3-9(11)14-7-5-13-6-8-15-10(12)4-2/h3-8H2,1-2H3. The van der Waals surface area contributed by atoms with E-state index in [0.29, 0.717) is 26.1 Å². The highest BCUT2D eigenvalue weighted by Crippen LogP contribution is 1.87. The zero-order chi connectivity index (χ0) is 11.5. The molecule has 0 spiro atoms. The fraction of sp³-hybridized carbons (Fsp3) is 0.800. The van der Waals surface area contributed by atoms with Gasteiger partial charge in [-0.05, 0) is 0 Å². The summed E-state index contributed by atoms with van der Waals surface area (Å²) in [6, 6.07) is 0. The maximum absolute atomic E-state index is 10.7. The lowest BCUT2D eigenvalue weighted by Gasteiger charge is -2.05. The van der Waals surface area contributed by atoms with E-state index in [2.05, 4.69) is 0 Å². The topological polar surface area (TPSA) is 61.8 Å². The summed E-state index contributed by atoms with van der Waals surface area (Å²) < 4.78 is 14.6. The molecule has 5 heteroatoms. The minimum atomic E-state index is -0.240. The molecule has 0 atom stereocenters. The van der Waals surface area contributed by atoms with Crippen molar-refractivity contribution in [1.82, 2.24) is 0 Å². The van der Waals surface area contributed by atoms with Crippen LogP contribution < -0.4 is 0 Å². The Bertz CT molecular complexity index is 170. The summed E-state index contributed by atoms with van der Waals surface area (Å²) in [5, 5.41) is 0. The molecule has 0 bridgehead atoms. The summed E-state index contributed by atoms with van der Waals surface area (Å²) in [7, 11) is 0. The van der Waals surface area contributed by atoms with E-state index in [9.17, 15) is 9.59 Å². The van der Waals surface area contributed by atoms with Crippen molar-refractivity contribution < 1.29 is 23.8 Å². The average Bonchev–Trinajstić information content (AvgIpc) is 2.26. The zero-order valence-electron chi connectivity index (χ0n) is 9.28. The highest BCUT2D eigenvalue weighted by Gasteiger charge is 1.99. The van der Waals surface area contributed by atoms with Crippen molar-refractivity contribution in [3.8, 4) is 0 Å². The Balaban J connectivity index is 3.11. The third-order valence-corrected chi connectivity index (χ3v) is 1.56. The third kappa shape index (κ3) is 9.21. The normalized spacial score (nSPS) is 9.73. The smallest absolute Gasteiger partial charge is 0.305 e. The number of hydrogen-bond donors (Lipinski definition) is 0. The van der Waals surface area contributed by atoms with Gasteiger partial charge in [0.1, 0.15) is 13.2 Å². The lowest BCUT2D eigenvalue weighted by Crippen LogP contribution is -2.13. The van der Waals surface area contributed by atoms with Crippen molar-refractivity contribution in [2.75, 3.05) is 26.4 Å². The molecule has 0 aromatic carbocycles. The molecule has 0 heterocycles. The van der Waals surface area contributed by atoms with Crippen molar-refractivity contribution >= 4 is 11.9 Å². The molecule has 15 heavy (non-hydrogen) atoms. The lowest BCUT2D eigenvalue weighted by molar-refractivity contribution is -0.146. The first-order chi connectivity index (χ1) is 7.20. The van der Waals surface area contributed by atoms with Crippen LogP contribution in [-0.4, -0.2) is 38.4 Å². The summed E-state index contributed by atoms with van der Waals surface area (Å²) in [6.45, 7) is 4.61. The second-order valence-corrected chi connectivity index (χ2v) is 2.76. The van der Waals surface area contributed by atoms with Gasteiger partial charge in [-0.2, -0.15) is 0 Å². The number of hydrogen-bond acceptors (Lipinski definition) is 5. The Hall–Kier alpha value is -1.10. The molecule has 5 nitrogen and oxygen atoms in total. The summed E-state index contributed by atoms with van der Waals surface area (Å²) >= 11 is 0. The molecule has 88 valence electrons. The van der Waals surface area contributed by atoms with Gasteiger partial charge in [-0.25, -0.2) is 0 Å². The fourth-order valence-electron chi connectivity index (χ4n) is 0.735. The van der Waals surface area contributed by atoms with Gasteiger partial charge in [-0.1, -0.05) is 13.8 Å². The zero-order valence-corrected chi connectivity index (χ0v) is 9.28. The van der Waals surface area contributed by atoms with Gasteiger partial charge in [0.05, 0.1) is 13.2 Å². The van der Waals surface area contributed by atoms with Crippen LogP contribution in [-0.2, 0) is 23.8 Å². The molecule has 0 aliphatic heterocycles. The van der Waals surface area contributed by atoms with Crippen molar-refractivity contribution in [2.45, 2.75) is 26.7 Å². The fourth-order valence-corrected chi connectivity index (χ4v) is 0.735. The van der Waals surface area contributed by atoms with Gasteiger partial charge in [-0.15, -0.1) is 0 Å². The molecular weight excluding hydrogens is 200 g/mol. The SMILES string of the molecule is CCC(=O)OCCOCCOC(=O)CC. The number of carbonyl (C=O) groups is 2. The maximum Gasteiger partial charge on any atom is 0.305 e. The molecule has 0 saturated carbocycles. The second-order valence-electron chi connectivity index (χ2n) is 2.76. The van der Waals surface area contributed by atoms with E-state index >= 15 is 0 Å². The van der Waals surface area contributed by atoms with E-state index < -0.39 is 0 Å². The molecular formula is C10H18O5. The van der Waals surface area contributed by atoms with Gasteiger partial charge in [0.25, 0.3) is 0 Å². The first kappa shape index (κ1) is 13.9. The van der Waals surface area contributed by atoms with Crippen molar-refractivity contribution in [2.24, 2.45) is 0 Å². The highest BCUT2D eigenvalue weighted by molar-refractivity contribution is 5.69. The molecule has 0 fully saturated rings. The van der Waals surface area contributed by atoms with Crippen LogP contribution in [0.5, 0.6) is 0 Å². The van der Waals surface area contributed by atoms with E-state index in [-0.39, 0.29) is 25.2 Å². The van der Waals surface area contributed by atoms with E-state index in [0.717, 1.165) is 0 Å². The van der Waals surface area contributed by atoms with Gasteiger partial charge in [0.2, 0.25) is 0 Å². The first-order valence-corrected chi connectivity index (χ1v) is 5.09. The van der Waals surface area contributed by atoms with Crippen molar-refractivity contribution in [3.63, 3.8) is 0 Å². The van der Waals surface area contributed by atoms with Crippen LogP contribution in [0.25, 0.3) is 0 Å². The van der Waals surface area contributed by atoms with E-state index in [1.807, 2.05) is 0 Å². The van der Waals surface area contributed by atoms with Crippen LogP contribution in [0.2, 0.25) is 0 Å². The van der Waals surface area contributed by atoms with Gasteiger partial charge in [0.15, 0.2) is 0 Å². The minimum Gasteiger partial charge on any atom is -0.463 e. The predicted molar refractivity (Wildman–Crippen MR) is 53.3 cm³/mol. The molecule has 0 aromatic rings. The van der Waals surface area contributed by atoms with Gasteiger partial charge in [0, 0.05) is 12.8 Å². The number of carbonyl (C=O) groups excluding carboxylic acids is 2. The van der Waals surface area contributed by atoms with Crippen molar-refractivity contribution in [3.05, 3.63) is 0 Å². The number of ether oxygens (including phenoxy) is 3. The van der Waals surface area contributed by atoms with Crippen LogP contribution in [0.15, 0.2) is 0 Å². The van der Waals surface area contributed by atoms with Gasteiger partial charge < -0.3 is 14.2 Å². The monoisotopic (exact) mass is 218 g/mol. The molecule has 0 aliphatic rings. The van der Waals surface area contributed by atoms with E-state index in [1.165, 1.54) is 0 Å². The molecule has 0 aromatic heterocycles. The second kappa shape index (κ2) is 9.45. The highest BCUT2D eigenvalue weighted by atomic mass is 16.6. The Labute approximate surface area is 89.7 Å². The molecule has 0 N–H and O–H groups in total. The Morgan fingerprint density at radius 1 is 0.800 bits per heavy atom. The number of rotatable bonds is 8. The quantitative estimate of drug-likeness (QED) is 0.447. The Morgan fingerprint density at radius 3 is 1.53 bits per heavy atom. The molecule has 0 rings (SSSR count). The lowest BCUT2D eigenvalue weighted by atomic mass is 10.5. The van der Waals surface area contributed by atoms with Gasteiger partial charge >= 0.3 is 11.9 Å². The van der Waals surface area contributed by atoms with Crippen LogP contribution >= 0.6 is 0 Å². The van der Waals surface area contributed by atoms with Crippen LogP contribution in [0.3, 0.4) is 0 Å². The number of esters is 2. The van der Waals surface area contributed by atoms with Crippen molar-refractivity contribution in [1.29, 1.82) is 0 Å². The Kier molecular flexibility index (Phi) is 8.76. The molecule has 0 aliphatic carbocycles. The van der Waals surface area contributed by atoms with Crippen LogP contribution in [0.4, 0.5) is 0 Å². The van der Waals surface area contributed by atoms with Gasteiger partial charge in [-0.3, -0.25) is 9.59 Å². The molecule has 0 unspecified atom stereocenters. The Morgan fingerprint density at radius 2 is 1.20 bits per heavy atom. The molecule has 0 saturated heterocycles. The maximum atomic E-state index is 10.7. The summed E-state index contributed by atoms with van der Waals surface area (Å²) in [5.41, 5.74) is 0. The van der Waals surface area contributed by atoms with Crippen LogP contribution in [0, 0.1) is 0 Å². The third-order valence-electron chi connectivity index (χ3n) is 1.56. The minimum absolute atomic E-state index is 0.240. The summed E-state index contributed by atoms with van der Waals surface area (Å²) in [6.07, 6.45) is 0.738. The molecule has 0 amide bonds. The largest absolute Gasteiger partial charge is 0.463 e. The predicted octanol–water partition coefficient (Wildman–Crippen LogP) is 0.909. The average molecular weight is 218 g/mol. The summed E-state index contributed by atoms with van der Waals surface area (Å²) in [4.78, 5) is 21.4. The summed E-state index contributed by atoms with van der Waals surface area (Å²) in [5.74, 6) is -0.480. The van der Waals surface area contributed by atoms with E-state index in [1.54, 1.807) is 13.8 Å². The van der Waals surface area contributed by atoms with Crippen LogP contribution in [0.1, 0.15) is 26.7 Å².